The number of rotatable bonds is 6. The third-order valence-corrected chi connectivity index (χ3v) is 7.85. The van der Waals surface area contributed by atoms with Gasteiger partial charge in [0, 0.05) is 22.9 Å². The molecule has 1 saturated carbocycles. The number of aromatic nitrogens is 1. The second-order valence-electron chi connectivity index (χ2n) is 10.6. The largest absolute Gasteiger partial charge is 0.494 e. The Labute approximate surface area is 236 Å². The van der Waals surface area contributed by atoms with Crippen LogP contribution in [0.2, 0.25) is 0 Å². The summed E-state index contributed by atoms with van der Waals surface area (Å²) < 4.78 is 7.36. The van der Waals surface area contributed by atoms with Crippen molar-refractivity contribution in [2.75, 3.05) is 6.61 Å². The highest BCUT2D eigenvalue weighted by Crippen LogP contribution is 2.36. The first kappa shape index (κ1) is 24.8. The number of hydrogen-bond acceptors (Lipinski definition) is 4. The fraction of sp³-hybridized carbons (Fsp3) is 0.176. The van der Waals surface area contributed by atoms with Crippen molar-refractivity contribution in [3.05, 3.63) is 96.7 Å². The minimum Gasteiger partial charge on any atom is -0.494 e. The van der Waals surface area contributed by atoms with Crippen LogP contribution in [0.5, 0.6) is 11.6 Å². The number of ether oxygens (including phenoxy) is 1. The van der Waals surface area contributed by atoms with Crippen LogP contribution in [-0.4, -0.2) is 28.2 Å². The molecule has 7 heteroatoms. The van der Waals surface area contributed by atoms with Crippen LogP contribution >= 0.6 is 0 Å². The number of nitrogens with one attached hydrogen (secondary N) is 2. The third-order valence-electron chi connectivity index (χ3n) is 7.85. The van der Waals surface area contributed by atoms with Crippen LogP contribution in [0.4, 0.5) is 4.79 Å². The summed E-state index contributed by atoms with van der Waals surface area (Å²) in [5.41, 5.74) is 1.28. The van der Waals surface area contributed by atoms with Crippen LogP contribution in [0.3, 0.4) is 0 Å². The first-order valence-electron chi connectivity index (χ1n) is 13.7. The lowest BCUT2D eigenvalue weighted by Gasteiger charge is -2.27. The number of hydrogen-bond donors (Lipinski definition) is 3. The molecule has 1 atom stereocenters. The molecule has 7 nitrogen and oxygen atoms in total. The minimum atomic E-state index is -1.40. The zero-order valence-corrected chi connectivity index (χ0v) is 22.2. The lowest BCUT2D eigenvalue weighted by atomic mass is 9.88. The minimum absolute atomic E-state index is 0.00174. The van der Waals surface area contributed by atoms with Crippen LogP contribution in [0.1, 0.15) is 18.4 Å². The van der Waals surface area contributed by atoms with Crippen LogP contribution < -0.4 is 15.4 Å². The summed E-state index contributed by atoms with van der Waals surface area (Å²) in [5, 5.41) is 20.0. The van der Waals surface area contributed by atoms with Crippen molar-refractivity contribution in [3.8, 4) is 34.6 Å². The molecule has 2 fully saturated rings. The molecule has 0 radical (unpaired) electrons. The van der Waals surface area contributed by atoms with Gasteiger partial charge in [-0.1, -0.05) is 78.6 Å². The number of amides is 3. The number of urea groups is 1. The van der Waals surface area contributed by atoms with Gasteiger partial charge in [0.1, 0.15) is 12.4 Å². The van der Waals surface area contributed by atoms with E-state index in [2.05, 4.69) is 46.7 Å². The van der Waals surface area contributed by atoms with Crippen LogP contribution in [0, 0.1) is 17.8 Å². The van der Waals surface area contributed by atoms with Crippen molar-refractivity contribution in [2.45, 2.75) is 24.9 Å². The summed E-state index contributed by atoms with van der Waals surface area (Å²) in [6.07, 6.45) is 4.09. The molecule has 3 N–H and O–H groups in total. The Hall–Kier alpha value is -5.22. The molecule has 2 aliphatic rings. The molecule has 1 saturated heterocycles. The summed E-state index contributed by atoms with van der Waals surface area (Å²) in [6.45, 7) is 0.287. The maximum atomic E-state index is 13.3. The molecule has 0 bridgehead atoms. The van der Waals surface area contributed by atoms with Gasteiger partial charge in [-0.15, -0.1) is 0 Å². The normalized spacial score (nSPS) is 18.1. The van der Waals surface area contributed by atoms with Gasteiger partial charge in [-0.3, -0.25) is 10.1 Å². The molecule has 1 aliphatic heterocycles. The van der Waals surface area contributed by atoms with Gasteiger partial charge in [-0.2, -0.15) is 0 Å². The number of carbonyl (C=O) groups excluding carboxylic acids is 2. The standard InChI is InChI=1S/C34H27N3O4/c38-31-30-19-27(41-18-4-5-22-10-11-22)17-14-25(30)20-37(31)21-34(32(39)35-33(40)36-34)26-15-12-24(13-16-26)29-9-3-7-23-6-1-2-8-28(23)29/h1-3,6-9,12-17,19-20,22,38H,10-11,18,21H2,(H2,35,36,39,40)/t34-/m0/s1. The van der Waals surface area contributed by atoms with E-state index in [-0.39, 0.29) is 19.0 Å². The van der Waals surface area contributed by atoms with E-state index in [1.165, 1.54) is 0 Å². The molecule has 3 amide bonds. The zero-order chi connectivity index (χ0) is 28.0. The highest BCUT2D eigenvalue weighted by molar-refractivity contribution is 6.07. The lowest BCUT2D eigenvalue weighted by molar-refractivity contribution is -0.124. The molecule has 1 aromatic heterocycles. The van der Waals surface area contributed by atoms with Gasteiger partial charge in [0.2, 0.25) is 0 Å². The maximum absolute atomic E-state index is 13.3. The predicted molar refractivity (Wildman–Crippen MR) is 157 cm³/mol. The number of benzene rings is 4. The SMILES string of the molecule is O=C1NC(=O)[C@](Cn2cc3ccc(OCC#CC4CC4)cc3c2O)(c2ccc(-c3cccc4ccccc34)cc2)N1. The van der Waals surface area contributed by atoms with Gasteiger partial charge < -0.3 is 19.7 Å². The highest BCUT2D eigenvalue weighted by atomic mass is 16.5. The maximum Gasteiger partial charge on any atom is 0.322 e. The van der Waals surface area contributed by atoms with Gasteiger partial charge in [-0.25, -0.2) is 4.79 Å². The second kappa shape index (κ2) is 9.76. The van der Waals surface area contributed by atoms with E-state index in [1.807, 2.05) is 54.6 Å². The summed E-state index contributed by atoms with van der Waals surface area (Å²) in [5.74, 6) is 6.82. The Balaban J connectivity index is 1.21. The van der Waals surface area contributed by atoms with Crippen LogP contribution in [0.25, 0.3) is 32.7 Å². The van der Waals surface area contributed by atoms with E-state index in [9.17, 15) is 14.7 Å². The molecule has 7 rings (SSSR count). The fourth-order valence-electron chi connectivity index (χ4n) is 5.53. The van der Waals surface area contributed by atoms with Gasteiger partial charge >= 0.3 is 6.03 Å². The summed E-state index contributed by atoms with van der Waals surface area (Å²) in [6, 6.07) is 26.9. The molecule has 4 aromatic carbocycles. The van der Waals surface area contributed by atoms with Crippen molar-refractivity contribution in [1.82, 2.24) is 15.2 Å². The predicted octanol–water partition coefficient (Wildman–Crippen LogP) is 5.69. The Bertz CT molecular complexity index is 1890. The number of nitrogens with zero attached hydrogens (tertiary/aromatic N) is 1. The van der Waals surface area contributed by atoms with Gasteiger partial charge in [0.05, 0.1) is 6.54 Å². The fourth-order valence-corrected chi connectivity index (χ4v) is 5.53. The summed E-state index contributed by atoms with van der Waals surface area (Å²) >= 11 is 0. The molecule has 2 heterocycles. The Morgan fingerprint density at radius 1 is 0.927 bits per heavy atom. The first-order valence-corrected chi connectivity index (χ1v) is 13.7. The third kappa shape index (κ3) is 4.53. The molecule has 0 unspecified atom stereocenters. The monoisotopic (exact) mass is 541 g/mol. The van der Waals surface area contributed by atoms with Crippen molar-refractivity contribution >= 4 is 33.5 Å². The van der Waals surface area contributed by atoms with Gasteiger partial charge in [0.25, 0.3) is 5.91 Å². The molecule has 202 valence electrons. The molecule has 1 aliphatic carbocycles. The number of aromatic hydroxyl groups is 1. The quantitative estimate of drug-likeness (QED) is 0.190. The van der Waals surface area contributed by atoms with Crippen molar-refractivity contribution < 1.29 is 19.4 Å². The molecule has 41 heavy (non-hydrogen) atoms. The van der Waals surface area contributed by atoms with E-state index in [1.54, 1.807) is 16.8 Å². The van der Waals surface area contributed by atoms with Gasteiger partial charge in [0.15, 0.2) is 11.4 Å². The summed E-state index contributed by atoms with van der Waals surface area (Å²) in [4.78, 5) is 25.7. The number of fused-ring (bicyclic) bond motifs is 2. The average molecular weight is 542 g/mol. The first-order chi connectivity index (χ1) is 20.0. The van der Waals surface area contributed by atoms with Crippen LogP contribution in [-0.2, 0) is 16.9 Å². The van der Waals surface area contributed by atoms with E-state index >= 15 is 0 Å². The second-order valence-corrected chi connectivity index (χ2v) is 10.6. The number of carbonyl (C=O) groups is 2. The molecule has 0 spiro atoms. The van der Waals surface area contributed by atoms with E-state index < -0.39 is 17.5 Å². The average Bonchev–Trinajstić information content (AvgIpc) is 3.71. The smallest absolute Gasteiger partial charge is 0.322 e. The topological polar surface area (TPSA) is 92.6 Å². The molecule has 5 aromatic rings. The van der Waals surface area contributed by atoms with E-state index in [0.29, 0.717) is 22.6 Å². The molecular formula is C34H27N3O4. The Kier molecular flexibility index (Phi) is 5.90. The Morgan fingerprint density at radius 3 is 2.51 bits per heavy atom. The lowest BCUT2D eigenvalue weighted by Crippen LogP contribution is -2.47. The van der Waals surface area contributed by atoms with Crippen molar-refractivity contribution in [2.24, 2.45) is 5.92 Å². The zero-order valence-electron chi connectivity index (χ0n) is 22.2. The van der Waals surface area contributed by atoms with Gasteiger partial charge in [-0.05, 0) is 58.5 Å². The van der Waals surface area contributed by atoms with E-state index in [0.717, 1.165) is 40.1 Å². The summed E-state index contributed by atoms with van der Waals surface area (Å²) in [7, 11) is 0. The number of imide groups is 1. The Morgan fingerprint density at radius 2 is 1.73 bits per heavy atom. The van der Waals surface area contributed by atoms with Crippen molar-refractivity contribution in [3.63, 3.8) is 0 Å². The van der Waals surface area contributed by atoms with Crippen LogP contribution in [0.15, 0.2) is 91.1 Å². The van der Waals surface area contributed by atoms with E-state index in [4.69, 9.17) is 4.74 Å². The highest BCUT2D eigenvalue weighted by Gasteiger charge is 2.48. The molecular weight excluding hydrogens is 514 g/mol. The van der Waals surface area contributed by atoms with Crippen molar-refractivity contribution in [1.29, 1.82) is 0 Å².